The van der Waals surface area contributed by atoms with E-state index in [1.165, 1.54) is 7.11 Å². The summed E-state index contributed by atoms with van der Waals surface area (Å²) in [6.45, 7) is 2.48. The van der Waals surface area contributed by atoms with Crippen molar-refractivity contribution in [3.63, 3.8) is 0 Å². The molecule has 0 fully saturated rings. The van der Waals surface area contributed by atoms with E-state index in [9.17, 15) is 4.79 Å². The molecule has 0 amide bonds. The van der Waals surface area contributed by atoms with E-state index in [0.717, 1.165) is 21.4 Å². The molecular weight excluding hydrogens is 320 g/mol. The van der Waals surface area contributed by atoms with Crippen LogP contribution in [0.25, 0.3) is 0 Å². The maximum absolute atomic E-state index is 11.8. The van der Waals surface area contributed by atoms with Gasteiger partial charge >= 0.3 is 5.97 Å². The summed E-state index contributed by atoms with van der Waals surface area (Å²) >= 11 is 3.35. The van der Waals surface area contributed by atoms with Crippen molar-refractivity contribution in [2.45, 2.75) is 13.5 Å². The van der Waals surface area contributed by atoms with Crippen LogP contribution in [0, 0.1) is 6.92 Å². The third kappa shape index (κ3) is 3.57. The average molecular weight is 335 g/mol. The molecule has 0 spiro atoms. The SMILES string of the molecule is COC(=O)c1cc(C)ccc1NCc1ccc(Br)cn1. The van der Waals surface area contributed by atoms with Crippen molar-refractivity contribution < 1.29 is 9.53 Å². The molecule has 20 heavy (non-hydrogen) atoms. The summed E-state index contributed by atoms with van der Waals surface area (Å²) in [4.78, 5) is 16.0. The number of hydrogen-bond acceptors (Lipinski definition) is 4. The zero-order valence-corrected chi connectivity index (χ0v) is 12.9. The zero-order valence-electron chi connectivity index (χ0n) is 11.3. The quantitative estimate of drug-likeness (QED) is 0.868. The van der Waals surface area contributed by atoms with Crippen LogP contribution in [-0.4, -0.2) is 18.1 Å². The summed E-state index contributed by atoms with van der Waals surface area (Å²) in [7, 11) is 1.38. The largest absolute Gasteiger partial charge is 0.465 e. The lowest BCUT2D eigenvalue weighted by atomic mass is 10.1. The molecule has 0 unspecified atom stereocenters. The molecule has 0 bridgehead atoms. The molecule has 0 saturated carbocycles. The Hall–Kier alpha value is -1.88. The van der Waals surface area contributed by atoms with Gasteiger partial charge in [0.15, 0.2) is 0 Å². The minimum absolute atomic E-state index is 0.347. The summed E-state index contributed by atoms with van der Waals surface area (Å²) < 4.78 is 5.74. The molecule has 1 aromatic carbocycles. The fourth-order valence-corrected chi connectivity index (χ4v) is 2.02. The van der Waals surface area contributed by atoms with Gasteiger partial charge in [0.25, 0.3) is 0 Å². The van der Waals surface area contributed by atoms with Crippen LogP contribution in [0.1, 0.15) is 21.6 Å². The van der Waals surface area contributed by atoms with Crippen molar-refractivity contribution in [1.82, 2.24) is 4.98 Å². The van der Waals surface area contributed by atoms with E-state index in [1.54, 1.807) is 6.20 Å². The molecule has 2 rings (SSSR count). The Bertz CT molecular complexity index is 612. The number of ether oxygens (including phenoxy) is 1. The number of halogens is 1. The van der Waals surface area contributed by atoms with Gasteiger partial charge in [0.2, 0.25) is 0 Å². The van der Waals surface area contributed by atoms with Gasteiger partial charge in [-0.3, -0.25) is 4.98 Å². The van der Waals surface area contributed by atoms with Crippen molar-refractivity contribution in [1.29, 1.82) is 0 Å². The predicted octanol–water partition coefficient (Wildman–Crippen LogP) is 3.55. The third-order valence-corrected chi connectivity index (χ3v) is 3.30. The molecule has 2 aromatic rings. The first-order chi connectivity index (χ1) is 9.60. The molecule has 0 aliphatic heterocycles. The van der Waals surface area contributed by atoms with Crippen molar-refractivity contribution in [3.05, 3.63) is 57.8 Å². The van der Waals surface area contributed by atoms with Crippen LogP contribution >= 0.6 is 15.9 Å². The van der Waals surface area contributed by atoms with Gasteiger partial charge in [0, 0.05) is 16.4 Å². The topological polar surface area (TPSA) is 51.2 Å². The van der Waals surface area contributed by atoms with Crippen LogP contribution in [0.15, 0.2) is 41.0 Å². The molecule has 1 N–H and O–H groups in total. The molecule has 0 atom stereocenters. The van der Waals surface area contributed by atoms with Gasteiger partial charge < -0.3 is 10.1 Å². The highest BCUT2D eigenvalue weighted by Crippen LogP contribution is 2.19. The van der Waals surface area contributed by atoms with Crippen LogP contribution in [0.3, 0.4) is 0 Å². The molecule has 4 nitrogen and oxygen atoms in total. The Balaban J connectivity index is 2.16. The van der Waals surface area contributed by atoms with Crippen molar-refractivity contribution >= 4 is 27.6 Å². The van der Waals surface area contributed by atoms with Gasteiger partial charge in [-0.15, -0.1) is 0 Å². The maximum atomic E-state index is 11.8. The summed E-state index contributed by atoms with van der Waals surface area (Å²) in [6.07, 6.45) is 1.74. The van der Waals surface area contributed by atoms with Crippen molar-refractivity contribution in [3.8, 4) is 0 Å². The number of pyridine rings is 1. The summed E-state index contributed by atoms with van der Waals surface area (Å²) in [5.41, 5.74) is 3.18. The lowest BCUT2D eigenvalue weighted by Gasteiger charge is -2.11. The van der Waals surface area contributed by atoms with Gasteiger partial charge in [-0.1, -0.05) is 11.6 Å². The number of hydrogen-bond donors (Lipinski definition) is 1. The number of nitrogens with one attached hydrogen (secondary N) is 1. The molecular formula is C15H15BrN2O2. The van der Waals surface area contributed by atoms with Crippen molar-refractivity contribution in [2.24, 2.45) is 0 Å². The highest BCUT2D eigenvalue weighted by molar-refractivity contribution is 9.10. The summed E-state index contributed by atoms with van der Waals surface area (Å²) in [5, 5.41) is 3.21. The summed E-state index contributed by atoms with van der Waals surface area (Å²) in [6, 6.07) is 9.48. The van der Waals surface area contributed by atoms with Crippen LogP contribution < -0.4 is 5.32 Å². The zero-order chi connectivity index (χ0) is 14.5. The first kappa shape index (κ1) is 14.5. The number of anilines is 1. The molecule has 104 valence electrons. The van der Waals surface area contributed by atoms with Crippen LogP contribution in [0.4, 0.5) is 5.69 Å². The second-order valence-electron chi connectivity index (χ2n) is 4.36. The highest BCUT2D eigenvalue weighted by atomic mass is 79.9. The number of methoxy groups -OCH3 is 1. The number of aromatic nitrogens is 1. The molecule has 0 radical (unpaired) electrons. The number of benzene rings is 1. The highest BCUT2D eigenvalue weighted by Gasteiger charge is 2.11. The van der Waals surface area contributed by atoms with Crippen LogP contribution in [-0.2, 0) is 11.3 Å². The molecule has 1 aromatic heterocycles. The van der Waals surface area contributed by atoms with Gasteiger partial charge in [0.05, 0.1) is 24.9 Å². The number of esters is 1. The van der Waals surface area contributed by atoms with E-state index in [0.29, 0.717) is 12.1 Å². The first-order valence-electron chi connectivity index (χ1n) is 6.13. The first-order valence-corrected chi connectivity index (χ1v) is 6.92. The Morgan fingerprint density at radius 2 is 2.15 bits per heavy atom. The van der Waals surface area contributed by atoms with Crippen molar-refractivity contribution in [2.75, 3.05) is 12.4 Å². The minimum atomic E-state index is -0.347. The molecule has 0 saturated heterocycles. The van der Waals surface area contributed by atoms with Gasteiger partial charge in [-0.25, -0.2) is 4.79 Å². The number of aryl methyl sites for hydroxylation is 1. The van der Waals surface area contributed by atoms with E-state index in [2.05, 4.69) is 26.2 Å². The van der Waals surface area contributed by atoms with Gasteiger partial charge in [0.1, 0.15) is 0 Å². The lowest BCUT2D eigenvalue weighted by Crippen LogP contribution is -2.09. The number of nitrogens with zero attached hydrogens (tertiary/aromatic N) is 1. The van der Waals surface area contributed by atoms with E-state index in [-0.39, 0.29) is 5.97 Å². The van der Waals surface area contributed by atoms with Crippen LogP contribution in [0.2, 0.25) is 0 Å². The fourth-order valence-electron chi connectivity index (χ4n) is 1.79. The smallest absolute Gasteiger partial charge is 0.339 e. The van der Waals surface area contributed by atoms with Gasteiger partial charge in [-0.2, -0.15) is 0 Å². The standard InChI is InChI=1S/C15H15BrN2O2/c1-10-3-6-14(13(7-10)15(19)20-2)18-9-12-5-4-11(16)8-17-12/h3-8,18H,9H2,1-2H3. The number of rotatable bonds is 4. The average Bonchev–Trinajstić information content (AvgIpc) is 2.46. The monoisotopic (exact) mass is 334 g/mol. The second kappa shape index (κ2) is 6.52. The molecule has 5 heteroatoms. The third-order valence-electron chi connectivity index (χ3n) is 2.83. The van der Waals surface area contributed by atoms with Crippen LogP contribution in [0.5, 0.6) is 0 Å². The molecule has 1 heterocycles. The van der Waals surface area contributed by atoms with E-state index >= 15 is 0 Å². The minimum Gasteiger partial charge on any atom is -0.465 e. The molecule has 0 aliphatic rings. The normalized spacial score (nSPS) is 10.2. The predicted molar refractivity (Wildman–Crippen MR) is 81.8 cm³/mol. The van der Waals surface area contributed by atoms with E-state index in [4.69, 9.17) is 4.74 Å². The van der Waals surface area contributed by atoms with E-state index in [1.807, 2.05) is 37.3 Å². The lowest BCUT2D eigenvalue weighted by molar-refractivity contribution is 0.0601. The molecule has 0 aliphatic carbocycles. The Kier molecular flexibility index (Phi) is 4.74. The fraction of sp³-hybridized carbons (Fsp3) is 0.200. The summed E-state index contributed by atoms with van der Waals surface area (Å²) in [5.74, 6) is -0.347. The second-order valence-corrected chi connectivity index (χ2v) is 5.28. The Morgan fingerprint density at radius 3 is 2.80 bits per heavy atom. The van der Waals surface area contributed by atoms with Gasteiger partial charge in [-0.05, 0) is 47.1 Å². The Morgan fingerprint density at radius 1 is 1.35 bits per heavy atom. The van der Waals surface area contributed by atoms with E-state index < -0.39 is 0 Å². The Labute approximate surface area is 126 Å². The number of carbonyl (C=O) groups excluding carboxylic acids is 1. The maximum Gasteiger partial charge on any atom is 0.339 e. The number of carbonyl (C=O) groups is 1.